The molecular weight excluding hydrogens is 601 g/mol. The van der Waals surface area contributed by atoms with Crippen LogP contribution in [0.4, 0.5) is 5.82 Å². The third-order valence-corrected chi connectivity index (χ3v) is 11.4. The molecule has 248 valence electrons. The summed E-state index contributed by atoms with van der Waals surface area (Å²) in [5.74, 6) is 2.26. The Kier molecular flexibility index (Phi) is 21.8. The molecule has 12 heteroatoms. The first kappa shape index (κ1) is 38.3. The number of nitrogens with two attached hydrogens (primary N) is 1. The lowest BCUT2D eigenvalue weighted by Gasteiger charge is -2.21. The van der Waals surface area contributed by atoms with Gasteiger partial charge in [-0.1, -0.05) is 125 Å². The van der Waals surface area contributed by atoms with Crippen LogP contribution < -0.4 is 5.73 Å². The molecule has 43 heavy (non-hydrogen) atoms. The molecular formula is C31H58N5O4PS2. The van der Waals surface area contributed by atoms with Crippen molar-refractivity contribution in [1.29, 1.82) is 0 Å². The first-order chi connectivity index (χ1) is 21.0. The molecule has 9 nitrogen and oxygen atoms in total. The van der Waals surface area contributed by atoms with Crippen LogP contribution in [0.25, 0.3) is 11.2 Å². The zero-order chi connectivity index (χ0) is 31.0. The SMILES string of the molecule is CCCCCCCCCCCCCCCCSSCCOP(=O)(CO[C@H](C)Cn1cnc2c(N)ncnc21)OCCCC. The highest BCUT2D eigenvalue weighted by atomic mass is 33.1. The number of imidazole rings is 1. The normalized spacial score (nSPS) is 13.9. The van der Waals surface area contributed by atoms with Gasteiger partial charge in [-0.15, -0.1) is 0 Å². The van der Waals surface area contributed by atoms with E-state index < -0.39 is 7.60 Å². The Hall–Kier alpha value is -0.840. The molecule has 0 saturated heterocycles. The highest BCUT2D eigenvalue weighted by molar-refractivity contribution is 8.76. The molecule has 2 N–H and O–H groups in total. The first-order valence-electron chi connectivity index (χ1n) is 16.6. The Morgan fingerprint density at radius 3 is 2.02 bits per heavy atom. The fourth-order valence-electron chi connectivity index (χ4n) is 4.72. The van der Waals surface area contributed by atoms with Crippen LogP contribution in [0, 0.1) is 0 Å². The second-order valence-corrected chi connectivity index (χ2v) is 16.0. The summed E-state index contributed by atoms with van der Waals surface area (Å²) in [5, 5.41) is 0. The quantitative estimate of drug-likeness (QED) is 0.0514. The van der Waals surface area contributed by atoms with Gasteiger partial charge in [-0.25, -0.2) is 15.0 Å². The van der Waals surface area contributed by atoms with E-state index >= 15 is 0 Å². The van der Waals surface area contributed by atoms with Gasteiger partial charge in [0.15, 0.2) is 11.5 Å². The Balaban J connectivity index is 1.52. The van der Waals surface area contributed by atoms with Crippen LogP contribution in [0.3, 0.4) is 0 Å². The monoisotopic (exact) mass is 659 g/mol. The minimum atomic E-state index is -3.36. The van der Waals surface area contributed by atoms with E-state index in [9.17, 15) is 4.57 Å². The summed E-state index contributed by atoms with van der Waals surface area (Å²) in [5.41, 5.74) is 7.09. The van der Waals surface area contributed by atoms with E-state index in [4.69, 9.17) is 19.5 Å². The summed E-state index contributed by atoms with van der Waals surface area (Å²) in [6.45, 7) is 7.52. The van der Waals surface area contributed by atoms with Crippen molar-refractivity contribution in [2.45, 2.75) is 136 Å². The maximum Gasteiger partial charge on any atom is 0.356 e. The van der Waals surface area contributed by atoms with Gasteiger partial charge in [-0.2, -0.15) is 0 Å². The summed E-state index contributed by atoms with van der Waals surface area (Å²) in [7, 11) is 0.301. The van der Waals surface area contributed by atoms with Gasteiger partial charge in [0.2, 0.25) is 0 Å². The highest BCUT2D eigenvalue weighted by Crippen LogP contribution is 2.48. The second kappa shape index (κ2) is 24.4. The number of hydrogen-bond donors (Lipinski definition) is 1. The van der Waals surface area contributed by atoms with Gasteiger partial charge in [0, 0.05) is 11.5 Å². The van der Waals surface area contributed by atoms with E-state index in [2.05, 4.69) is 28.8 Å². The van der Waals surface area contributed by atoms with Crippen molar-refractivity contribution >= 4 is 46.2 Å². The smallest absolute Gasteiger partial charge is 0.356 e. The summed E-state index contributed by atoms with van der Waals surface area (Å²) in [6, 6.07) is 0. The molecule has 2 rings (SSSR count). The maximum atomic E-state index is 13.4. The van der Waals surface area contributed by atoms with Gasteiger partial charge in [0.1, 0.15) is 18.2 Å². The lowest BCUT2D eigenvalue weighted by Crippen LogP contribution is -2.18. The maximum absolute atomic E-state index is 13.4. The fraction of sp³-hybridized carbons (Fsp3) is 0.839. The minimum absolute atomic E-state index is 0.0848. The molecule has 1 unspecified atom stereocenters. The molecule has 2 heterocycles. The van der Waals surface area contributed by atoms with Gasteiger partial charge < -0.3 is 24.1 Å². The van der Waals surface area contributed by atoms with E-state index in [1.54, 1.807) is 17.1 Å². The van der Waals surface area contributed by atoms with Crippen molar-refractivity contribution in [2.24, 2.45) is 0 Å². The molecule has 0 aliphatic carbocycles. The van der Waals surface area contributed by atoms with E-state index in [0.29, 0.717) is 36.7 Å². The van der Waals surface area contributed by atoms with Crippen molar-refractivity contribution in [3.8, 4) is 0 Å². The number of fused-ring (bicyclic) bond motifs is 1. The van der Waals surface area contributed by atoms with Crippen molar-refractivity contribution in [3.05, 3.63) is 12.7 Å². The third-order valence-electron chi connectivity index (χ3n) is 7.31. The number of unbranched alkanes of at least 4 members (excludes halogenated alkanes) is 14. The van der Waals surface area contributed by atoms with Crippen LogP contribution >= 0.6 is 29.2 Å². The molecule has 2 atom stereocenters. The van der Waals surface area contributed by atoms with Crippen LogP contribution in [0.1, 0.15) is 124 Å². The van der Waals surface area contributed by atoms with E-state index in [0.717, 1.165) is 24.3 Å². The molecule has 0 fully saturated rings. The number of anilines is 1. The van der Waals surface area contributed by atoms with Crippen molar-refractivity contribution in [1.82, 2.24) is 19.5 Å². The van der Waals surface area contributed by atoms with Crippen LogP contribution in [-0.4, -0.2) is 56.7 Å². The summed E-state index contributed by atoms with van der Waals surface area (Å²) < 4.78 is 32.7. The second-order valence-electron chi connectivity index (χ2n) is 11.3. The zero-order valence-electron chi connectivity index (χ0n) is 27.1. The van der Waals surface area contributed by atoms with E-state index in [-0.39, 0.29) is 12.5 Å². The Labute approximate surface area is 268 Å². The molecule has 0 aliphatic rings. The summed E-state index contributed by atoms with van der Waals surface area (Å²) in [4.78, 5) is 12.5. The summed E-state index contributed by atoms with van der Waals surface area (Å²) >= 11 is 0. The number of rotatable bonds is 29. The highest BCUT2D eigenvalue weighted by Gasteiger charge is 2.26. The number of hydrogen-bond acceptors (Lipinski definition) is 10. The molecule has 0 aliphatic heterocycles. The van der Waals surface area contributed by atoms with Crippen molar-refractivity contribution in [2.75, 3.05) is 36.8 Å². The first-order valence-corrected chi connectivity index (χ1v) is 20.9. The molecule has 0 spiro atoms. The van der Waals surface area contributed by atoms with Gasteiger partial charge in [-0.05, 0) is 19.8 Å². The molecule has 0 radical (unpaired) electrons. The Morgan fingerprint density at radius 2 is 1.37 bits per heavy atom. The molecule has 0 amide bonds. The molecule has 2 aromatic rings. The molecule has 0 saturated carbocycles. The average molecular weight is 660 g/mol. The molecule has 0 bridgehead atoms. The van der Waals surface area contributed by atoms with Gasteiger partial charge in [0.05, 0.1) is 32.2 Å². The van der Waals surface area contributed by atoms with E-state index in [1.807, 2.05) is 22.3 Å². The third kappa shape index (κ3) is 17.4. The predicted molar refractivity (Wildman–Crippen MR) is 185 cm³/mol. The summed E-state index contributed by atoms with van der Waals surface area (Å²) in [6.07, 6.45) is 23.9. The number of nitrogen functional groups attached to an aromatic ring is 1. The number of nitrogens with zero attached hydrogens (tertiary/aromatic N) is 4. The predicted octanol–water partition coefficient (Wildman–Crippen LogP) is 9.66. The van der Waals surface area contributed by atoms with Gasteiger partial charge in [-0.3, -0.25) is 4.57 Å². The molecule has 2 aromatic heterocycles. The lowest BCUT2D eigenvalue weighted by molar-refractivity contribution is 0.0664. The topological polar surface area (TPSA) is 114 Å². The van der Waals surface area contributed by atoms with Crippen molar-refractivity contribution < 1.29 is 18.3 Å². The fourth-order valence-corrected chi connectivity index (χ4v) is 8.26. The van der Waals surface area contributed by atoms with Crippen LogP contribution in [-0.2, 0) is 24.9 Å². The number of ether oxygens (including phenoxy) is 1. The van der Waals surface area contributed by atoms with Crippen LogP contribution in [0.15, 0.2) is 12.7 Å². The zero-order valence-corrected chi connectivity index (χ0v) is 29.6. The van der Waals surface area contributed by atoms with Gasteiger partial charge in [0.25, 0.3) is 0 Å². The Morgan fingerprint density at radius 1 is 0.791 bits per heavy atom. The minimum Gasteiger partial charge on any atom is -0.382 e. The van der Waals surface area contributed by atoms with Crippen LogP contribution in [0.2, 0.25) is 0 Å². The average Bonchev–Trinajstić information content (AvgIpc) is 3.41. The van der Waals surface area contributed by atoms with Crippen molar-refractivity contribution in [3.63, 3.8) is 0 Å². The lowest BCUT2D eigenvalue weighted by atomic mass is 10.0. The largest absolute Gasteiger partial charge is 0.382 e. The van der Waals surface area contributed by atoms with Gasteiger partial charge >= 0.3 is 7.60 Å². The standard InChI is InChI=1S/C31H58N5O4PS2/c1-4-6-8-9-10-11-12-13-14-15-16-17-18-19-22-42-43-23-21-40-41(37,39-20-7-5-2)27-38-28(3)24-36-26-35-29-30(32)33-25-34-31(29)36/h25-26,28H,4-24,27H2,1-3H3,(H2,32,33,34)/t28-,41?/m1/s1. The van der Waals surface area contributed by atoms with E-state index in [1.165, 1.54) is 96.2 Å². The molecule has 0 aromatic carbocycles. The number of aromatic nitrogens is 4. The van der Waals surface area contributed by atoms with Crippen LogP contribution in [0.5, 0.6) is 0 Å². The Bertz CT molecular complexity index is 1020.